The molecule has 0 aliphatic carbocycles. The van der Waals surface area contributed by atoms with Crippen molar-refractivity contribution in [1.29, 1.82) is 0 Å². The van der Waals surface area contributed by atoms with Crippen molar-refractivity contribution < 1.29 is 24.2 Å². The molecule has 0 saturated carbocycles. The quantitative estimate of drug-likeness (QED) is 0.598. The zero-order valence-electron chi connectivity index (χ0n) is 19.9. The van der Waals surface area contributed by atoms with Crippen molar-refractivity contribution in [2.45, 2.75) is 51.2 Å². The normalized spacial score (nSPS) is 19.1. The molecule has 2 fully saturated rings. The number of carboxylic acids is 1. The predicted molar refractivity (Wildman–Crippen MR) is 133 cm³/mol. The number of carbonyl (C=O) groups excluding carboxylic acids is 2. The number of ether oxygens (including phenoxy) is 1. The van der Waals surface area contributed by atoms with Gasteiger partial charge in [0.1, 0.15) is 11.8 Å². The van der Waals surface area contributed by atoms with Gasteiger partial charge in [-0.25, -0.2) is 4.79 Å². The number of carbonyl (C=O) groups is 3. The third kappa shape index (κ3) is 5.77. The molecule has 0 radical (unpaired) electrons. The molecule has 0 spiro atoms. The van der Waals surface area contributed by atoms with Gasteiger partial charge in [0.15, 0.2) is 0 Å². The Morgan fingerprint density at radius 1 is 1.14 bits per heavy atom. The van der Waals surface area contributed by atoms with Gasteiger partial charge in [-0.2, -0.15) is 0 Å². The third-order valence-corrected chi connectivity index (χ3v) is 7.22. The van der Waals surface area contributed by atoms with Crippen LogP contribution in [0, 0.1) is 6.92 Å². The molecule has 2 aliphatic rings. The number of aryl methyl sites for hydroxylation is 1. The molecule has 2 N–H and O–H groups in total. The molecule has 35 heavy (non-hydrogen) atoms. The number of carboxylic acid groups (broad SMARTS) is 1. The Hall–Kier alpha value is -3.10. The lowest BCUT2D eigenvalue weighted by molar-refractivity contribution is -0.136. The fourth-order valence-corrected chi connectivity index (χ4v) is 5.09. The van der Waals surface area contributed by atoms with E-state index in [1.807, 2.05) is 19.1 Å². The molecule has 2 aliphatic heterocycles. The van der Waals surface area contributed by atoms with Crippen LogP contribution in [0.25, 0.3) is 0 Å². The molecule has 2 amide bonds. The summed E-state index contributed by atoms with van der Waals surface area (Å²) in [5.41, 5.74) is 2.61. The summed E-state index contributed by atoms with van der Waals surface area (Å²) in [6, 6.07) is 9.85. The smallest absolute Gasteiger partial charge is 0.335 e. The SMILES string of the molecule is COc1cc(NC(=O)C2CCC(=O)N2C2CCN(Cc3ccc(Cl)c(C)c3)CC2)cc(C(=O)O)c1. The van der Waals surface area contributed by atoms with E-state index in [4.69, 9.17) is 16.3 Å². The molecular weight excluding hydrogens is 470 g/mol. The number of anilines is 1. The van der Waals surface area contributed by atoms with Crippen molar-refractivity contribution in [1.82, 2.24) is 9.80 Å². The highest BCUT2D eigenvalue weighted by atomic mass is 35.5. The van der Waals surface area contributed by atoms with Crippen LogP contribution in [0.2, 0.25) is 5.02 Å². The summed E-state index contributed by atoms with van der Waals surface area (Å²) in [6.07, 6.45) is 2.38. The van der Waals surface area contributed by atoms with Crippen LogP contribution in [0.5, 0.6) is 5.75 Å². The van der Waals surface area contributed by atoms with Crippen LogP contribution in [0.3, 0.4) is 0 Å². The third-order valence-electron chi connectivity index (χ3n) is 6.79. The minimum absolute atomic E-state index is 0.00356. The van der Waals surface area contributed by atoms with E-state index in [2.05, 4.69) is 16.3 Å². The molecule has 2 saturated heterocycles. The molecule has 1 atom stereocenters. The summed E-state index contributed by atoms with van der Waals surface area (Å²) in [4.78, 5) is 41.4. The second-order valence-corrected chi connectivity index (χ2v) is 9.60. The Labute approximate surface area is 209 Å². The molecule has 0 aromatic heterocycles. The Kier molecular flexibility index (Phi) is 7.62. The van der Waals surface area contributed by atoms with Crippen molar-refractivity contribution >= 4 is 35.1 Å². The number of nitrogens with one attached hydrogen (secondary N) is 1. The van der Waals surface area contributed by atoms with E-state index in [1.165, 1.54) is 24.8 Å². The highest BCUT2D eigenvalue weighted by Gasteiger charge is 2.41. The van der Waals surface area contributed by atoms with Gasteiger partial charge in [-0.05, 0) is 55.5 Å². The van der Waals surface area contributed by atoms with Crippen LogP contribution in [0.4, 0.5) is 5.69 Å². The van der Waals surface area contributed by atoms with E-state index in [-0.39, 0.29) is 23.4 Å². The lowest BCUT2D eigenvalue weighted by Crippen LogP contribution is -2.51. The Morgan fingerprint density at radius 3 is 2.54 bits per heavy atom. The van der Waals surface area contributed by atoms with Gasteiger partial charge in [0.05, 0.1) is 12.7 Å². The van der Waals surface area contributed by atoms with E-state index in [9.17, 15) is 19.5 Å². The minimum atomic E-state index is -1.11. The zero-order chi connectivity index (χ0) is 25.1. The second-order valence-electron chi connectivity index (χ2n) is 9.19. The van der Waals surface area contributed by atoms with E-state index < -0.39 is 12.0 Å². The molecule has 4 rings (SSSR count). The molecule has 9 heteroatoms. The van der Waals surface area contributed by atoms with Gasteiger partial charge in [-0.3, -0.25) is 14.5 Å². The van der Waals surface area contributed by atoms with Crippen LogP contribution < -0.4 is 10.1 Å². The van der Waals surface area contributed by atoms with Crippen LogP contribution in [0.15, 0.2) is 36.4 Å². The fourth-order valence-electron chi connectivity index (χ4n) is 4.97. The maximum atomic E-state index is 13.1. The van der Waals surface area contributed by atoms with Crippen LogP contribution >= 0.6 is 11.6 Å². The molecule has 186 valence electrons. The number of likely N-dealkylation sites (tertiary alicyclic amines) is 2. The largest absolute Gasteiger partial charge is 0.497 e. The number of halogens is 1. The Morgan fingerprint density at radius 2 is 1.89 bits per heavy atom. The van der Waals surface area contributed by atoms with E-state index in [1.54, 1.807) is 11.0 Å². The topological polar surface area (TPSA) is 99.2 Å². The Bertz CT molecular complexity index is 1130. The van der Waals surface area contributed by atoms with Crippen molar-refractivity contribution in [2.75, 3.05) is 25.5 Å². The molecular formula is C26H30ClN3O5. The lowest BCUT2D eigenvalue weighted by Gasteiger charge is -2.39. The highest BCUT2D eigenvalue weighted by molar-refractivity contribution is 6.31. The number of methoxy groups -OCH3 is 1. The van der Waals surface area contributed by atoms with E-state index in [0.717, 1.165) is 43.1 Å². The van der Waals surface area contributed by atoms with Crippen LogP contribution in [0.1, 0.15) is 47.2 Å². The van der Waals surface area contributed by atoms with Gasteiger partial charge in [0, 0.05) is 48.9 Å². The number of piperidine rings is 1. The first-order valence-electron chi connectivity index (χ1n) is 11.8. The summed E-state index contributed by atoms with van der Waals surface area (Å²) in [6.45, 7) is 4.49. The minimum Gasteiger partial charge on any atom is -0.497 e. The summed E-state index contributed by atoms with van der Waals surface area (Å²) in [7, 11) is 1.43. The van der Waals surface area contributed by atoms with Gasteiger partial charge in [0.25, 0.3) is 0 Å². The number of hydrogen-bond donors (Lipinski definition) is 2. The summed E-state index contributed by atoms with van der Waals surface area (Å²) in [5.74, 6) is -1.09. The summed E-state index contributed by atoms with van der Waals surface area (Å²) in [5, 5.41) is 12.9. The zero-order valence-corrected chi connectivity index (χ0v) is 20.7. The van der Waals surface area contributed by atoms with Crippen molar-refractivity contribution in [3.8, 4) is 5.75 Å². The predicted octanol–water partition coefficient (Wildman–Crippen LogP) is 3.95. The fraction of sp³-hybridized carbons (Fsp3) is 0.423. The van der Waals surface area contributed by atoms with Gasteiger partial charge < -0.3 is 20.1 Å². The van der Waals surface area contributed by atoms with E-state index >= 15 is 0 Å². The number of nitrogens with zero attached hydrogens (tertiary/aromatic N) is 2. The first-order valence-corrected chi connectivity index (χ1v) is 12.1. The van der Waals surface area contributed by atoms with Crippen molar-refractivity contribution in [2.24, 2.45) is 0 Å². The monoisotopic (exact) mass is 499 g/mol. The van der Waals surface area contributed by atoms with Crippen molar-refractivity contribution in [3.05, 3.63) is 58.1 Å². The molecule has 1 unspecified atom stereocenters. The average Bonchev–Trinajstić information content (AvgIpc) is 3.23. The molecule has 2 heterocycles. The highest BCUT2D eigenvalue weighted by Crippen LogP contribution is 2.29. The molecule has 2 aromatic rings. The number of hydrogen-bond acceptors (Lipinski definition) is 5. The standard InChI is InChI=1S/C26H30ClN3O5/c1-16-11-17(3-4-22(16)27)15-29-9-7-20(8-10-29)30-23(5-6-24(30)31)25(32)28-19-12-18(26(33)34)13-21(14-19)35-2/h3-4,11-14,20,23H,5-10,15H2,1-2H3,(H,28,32)(H,33,34). The number of benzene rings is 2. The van der Waals surface area contributed by atoms with Crippen LogP contribution in [-0.4, -0.2) is 65.0 Å². The number of aromatic carboxylic acids is 1. The van der Waals surface area contributed by atoms with E-state index in [0.29, 0.717) is 24.3 Å². The second kappa shape index (κ2) is 10.7. The first-order chi connectivity index (χ1) is 16.7. The average molecular weight is 500 g/mol. The molecule has 0 bridgehead atoms. The Balaban J connectivity index is 1.39. The number of amides is 2. The molecule has 8 nitrogen and oxygen atoms in total. The van der Waals surface area contributed by atoms with Gasteiger partial charge >= 0.3 is 5.97 Å². The maximum Gasteiger partial charge on any atom is 0.335 e. The van der Waals surface area contributed by atoms with Gasteiger partial charge in [-0.1, -0.05) is 23.7 Å². The van der Waals surface area contributed by atoms with Gasteiger partial charge in [-0.15, -0.1) is 0 Å². The maximum absolute atomic E-state index is 13.1. The first kappa shape index (κ1) is 25.0. The van der Waals surface area contributed by atoms with Gasteiger partial charge in [0.2, 0.25) is 11.8 Å². The van der Waals surface area contributed by atoms with Crippen LogP contribution in [-0.2, 0) is 16.1 Å². The number of rotatable bonds is 7. The van der Waals surface area contributed by atoms with Crippen molar-refractivity contribution in [3.63, 3.8) is 0 Å². The summed E-state index contributed by atoms with van der Waals surface area (Å²) < 4.78 is 5.16. The molecule has 2 aromatic carbocycles. The summed E-state index contributed by atoms with van der Waals surface area (Å²) >= 11 is 6.14. The lowest BCUT2D eigenvalue weighted by atomic mass is 10.0.